The van der Waals surface area contributed by atoms with Crippen LogP contribution >= 0.6 is 15.9 Å². The molecule has 3 aromatic carbocycles. The van der Waals surface area contributed by atoms with E-state index >= 15 is 0 Å². The SMILES string of the molecule is BrCc1ccccc1.C.C[N+](C)(C)CC(O)CC(=O)OCc1ccccc1.C[N+](C)(C)CC(O)CC(=O)OCc1ccccc1.C[N+](C)(C)CC(O)CC(=O)[O-].FB(F)F.F[B-](F)(F)F.[Br-].[F-].[K+]. The molecule has 3 unspecified atom stereocenters. The Morgan fingerprint density at radius 3 is 1.00 bits per heavy atom. The van der Waals surface area contributed by atoms with Crippen molar-refractivity contribution >= 4 is 48.6 Å². The zero-order valence-corrected chi connectivity index (χ0v) is 46.1. The molecule has 3 rings (SSSR count). The van der Waals surface area contributed by atoms with Crippen LogP contribution in [0, 0.1) is 0 Å². The molecule has 0 heterocycles. The van der Waals surface area contributed by atoms with Crippen LogP contribution in [0.3, 0.4) is 0 Å². The Kier molecular flexibility index (Phi) is 51.5. The van der Waals surface area contributed by atoms with Crippen LogP contribution in [0.1, 0.15) is 43.4 Å². The number of aliphatic hydroxyl groups excluding tert-OH is 3. The summed E-state index contributed by atoms with van der Waals surface area (Å²) in [7, 11) is 7.82. The number of aliphatic carboxylic acids is 1. The zero-order chi connectivity index (χ0) is 50.2. The fraction of sp³-hybridized carbons (Fsp3) is 0.512. The molecular formula is C43H70B2Br2F8KN3O9. The normalized spacial score (nSPS) is 11.6. The van der Waals surface area contributed by atoms with Crippen molar-refractivity contribution in [1.82, 2.24) is 0 Å². The number of carbonyl (C=O) groups is 3. The summed E-state index contributed by atoms with van der Waals surface area (Å²) in [5, 5.41) is 39.6. The van der Waals surface area contributed by atoms with Gasteiger partial charge in [-0.25, -0.2) is 0 Å². The number of rotatable bonds is 17. The minimum absolute atomic E-state index is 0. The monoisotopic (exact) mass is 1140 g/mol. The van der Waals surface area contributed by atoms with Crippen LogP contribution < -0.4 is 78.2 Å². The van der Waals surface area contributed by atoms with Crippen LogP contribution in [0.2, 0.25) is 0 Å². The van der Waals surface area contributed by atoms with Crippen LogP contribution in [-0.4, -0.2) is 163 Å². The van der Waals surface area contributed by atoms with Gasteiger partial charge < -0.3 is 87.1 Å². The largest absolute Gasteiger partial charge is 1.00 e. The van der Waals surface area contributed by atoms with Crippen molar-refractivity contribution in [2.24, 2.45) is 0 Å². The van der Waals surface area contributed by atoms with Gasteiger partial charge >= 0.3 is 78.1 Å². The number of halogens is 10. The number of ether oxygens (including phenoxy) is 2. The molecule has 0 aromatic heterocycles. The van der Waals surface area contributed by atoms with Crippen molar-refractivity contribution in [3.63, 3.8) is 0 Å². The van der Waals surface area contributed by atoms with E-state index in [0.29, 0.717) is 33.1 Å². The molecule has 3 aromatic rings. The molecule has 0 amide bonds. The Bertz CT molecular complexity index is 1580. The van der Waals surface area contributed by atoms with Crippen LogP contribution in [0.4, 0.5) is 30.2 Å². The number of carboxylic acid groups (broad SMARTS) is 1. The van der Waals surface area contributed by atoms with Gasteiger partial charge in [0.05, 0.1) is 76.3 Å². The molecule has 0 spiro atoms. The molecule has 25 heteroatoms. The summed E-state index contributed by atoms with van der Waals surface area (Å²) in [4.78, 5) is 33.1. The molecule has 12 nitrogen and oxygen atoms in total. The molecule has 0 aliphatic rings. The second kappa shape index (κ2) is 43.8. The van der Waals surface area contributed by atoms with Crippen LogP contribution in [-0.2, 0) is 42.4 Å². The van der Waals surface area contributed by atoms with Crippen LogP contribution in [0.25, 0.3) is 0 Å². The first kappa shape index (κ1) is 80.1. The van der Waals surface area contributed by atoms with Gasteiger partial charge in [-0.15, -0.1) is 0 Å². The average molecular weight is 1150 g/mol. The van der Waals surface area contributed by atoms with E-state index in [0.717, 1.165) is 16.5 Å². The molecule has 3 N–H and O–H groups in total. The molecular weight excluding hydrogens is 1070 g/mol. The van der Waals surface area contributed by atoms with E-state index in [4.69, 9.17) is 14.6 Å². The molecule has 0 saturated heterocycles. The van der Waals surface area contributed by atoms with E-state index in [-0.39, 0.29) is 125 Å². The van der Waals surface area contributed by atoms with Crippen molar-refractivity contribution in [3.8, 4) is 0 Å². The first-order valence-corrected chi connectivity index (χ1v) is 20.8. The maximum absolute atomic E-state index is 11.5. The van der Waals surface area contributed by atoms with Gasteiger partial charge in [0.1, 0.15) is 51.2 Å². The van der Waals surface area contributed by atoms with E-state index in [2.05, 4.69) is 28.1 Å². The van der Waals surface area contributed by atoms with Crippen molar-refractivity contribution in [2.75, 3.05) is 83.1 Å². The number of esters is 2. The van der Waals surface area contributed by atoms with Crippen molar-refractivity contribution in [1.29, 1.82) is 0 Å². The van der Waals surface area contributed by atoms with Crippen LogP contribution in [0.5, 0.6) is 0 Å². The third-order valence-electron chi connectivity index (χ3n) is 6.96. The zero-order valence-electron chi connectivity index (χ0n) is 39.8. The number of nitrogens with zero attached hydrogens (tertiary/aromatic N) is 3. The number of quaternary nitrogens is 3. The summed E-state index contributed by atoms with van der Waals surface area (Å²) >= 11 is 3.36. The Hall–Kier alpha value is -2.00. The Balaban J connectivity index is -0.000000139. The summed E-state index contributed by atoms with van der Waals surface area (Å²) in [6.45, 7) is 2.00. The quantitative estimate of drug-likeness (QED) is 0.0422. The average Bonchev–Trinajstić information content (AvgIpc) is 3.11. The third-order valence-corrected chi connectivity index (χ3v) is 7.61. The Labute approximate surface area is 460 Å². The molecule has 3 atom stereocenters. The van der Waals surface area contributed by atoms with Crippen LogP contribution in [0.15, 0.2) is 91.0 Å². The van der Waals surface area contributed by atoms with Gasteiger partial charge in [0.25, 0.3) is 0 Å². The number of aliphatic hydroxyl groups is 3. The summed E-state index contributed by atoms with van der Waals surface area (Å²) in [5.41, 5.74) is 3.23. The predicted octanol–water partition coefficient (Wildman–Crippen LogP) is -3.02. The first-order valence-electron chi connectivity index (χ1n) is 19.6. The molecule has 0 saturated carbocycles. The second-order valence-corrected chi connectivity index (χ2v) is 17.6. The maximum atomic E-state index is 11.5. The fourth-order valence-electron chi connectivity index (χ4n) is 4.83. The number of benzene rings is 3. The molecule has 0 bridgehead atoms. The number of carboxylic acids is 1. The van der Waals surface area contributed by atoms with Gasteiger partial charge in [0.2, 0.25) is 0 Å². The molecule has 0 aliphatic carbocycles. The number of alkyl halides is 1. The van der Waals surface area contributed by atoms with E-state index in [1.54, 1.807) is 0 Å². The third kappa shape index (κ3) is 68.3. The van der Waals surface area contributed by atoms with Gasteiger partial charge in [-0.3, -0.25) is 22.5 Å². The number of likely N-dealkylation sites (N-methyl/N-ethyl adjacent to an activating group) is 3. The topological polar surface area (TPSA) is 153 Å². The minimum Gasteiger partial charge on any atom is -1.00 e. The minimum atomic E-state index is -6.00. The van der Waals surface area contributed by atoms with Gasteiger partial charge in [-0.2, -0.15) is 0 Å². The number of hydrogen-bond acceptors (Lipinski definition) is 9. The molecule has 68 heavy (non-hydrogen) atoms. The van der Waals surface area contributed by atoms with E-state index in [1.165, 1.54) is 5.56 Å². The van der Waals surface area contributed by atoms with Gasteiger partial charge in [-0.1, -0.05) is 114 Å². The maximum Gasteiger partial charge on any atom is 1.00 e. The summed E-state index contributed by atoms with van der Waals surface area (Å²) in [5.74, 6) is -1.93. The fourth-order valence-corrected chi connectivity index (χ4v) is 5.20. The van der Waals surface area contributed by atoms with Gasteiger partial charge in [-0.05, 0) is 16.7 Å². The second-order valence-electron chi connectivity index (χ2n) is 17.0. The van der Waals surface area contributed by atoms with E-state index < -0.39 is 39.1 Å². The van der Waals surface area contributed by atoms with Crippen molar-refractivity contribution in [2.45, 2.75) is 63.5 Å². The van der Waals surface area contributed by atoms with Gasteiger partial charge in [0, 0.05) is 17.7 Å². The predicted molar refractivity (Wildman–Crippen MR) is 243 cm³/mol. The van der Waals surface area contributed by atoms with E-state index in [9.17, 15) is 59.9 Å². The van der Waals surface area contributed by atoms with Crippen molar-refractivity contribution in [3.05, 3.63) is 108 Å². The summed E-state index contributed by atoms with van der Waals surface area (Å²) < 4.78 is 80.0. The summed E-state index contributed by atoms with van der Waals surface area (Å²) in [6.07, 6.45) is -2.32. The molecule has 388 valence electrons. The molecule has 0 aliphatic heterocycles. The molecule has 0 fully saturated rings. The van der Waals surface area contributed by atoms with E-state index in [1.807, 2.05) is 142 Å². The first-order chi connectivity index (χ1) is 29.2. The summed E-state index contributed by atoms with van der Waals surface area (Å²) in [6, 6.07) is 29.3. The Morgan fingerprint density at radius 2 is 0.809 bits per heavy atom. The Morgan fingerprint density at radius 1 is 0.588 bits per heavy atom. The number of carbonyl (C=O) groups excluding carboxylic acids is 3. The smallest absolute Gasteiger partial charge is 1.00 e. The molecule has 0 radical (unpaired) electrons. The van der Waals surface area contributed by atoms with Crippen molar-refractivity contribution < 1.29 is 161 Å². The van der Waals surface area contributed by atoms with Gasteiger partial charge in [0.15, 0.2) is 0 Å². The number of hydrogen-bond donors (Lipinski definition) is 3. The standard InChI is InChI=1S/2C14H22NO3.C7H7Br.C7H15NO3.CH4.BF4.BF3.BrH.FH.K/c2*1-15(2,3)10-13(16)9-14(17)18-11-12-7-5-4-6-8-12;8-6-7-4-2-1-3-5-7;1-8(2,3)5-6(9)4-7(10)11;;2-1(3,4)5;2-1(3)4;;;/h2*4-8,13,16H,9-11H2,1-3H3;1-5H,6H2;6,9H,4-5H2,1-3H3;1H4;;;2*1H;/q2*+1;;;;-1;;;;+1/p-2.